The lowest BCUT2D eigenvalue weighted by atomic mass is 10.1. The molecule has 200 valence electrons. The highest BCUT2D eigenvalue weighted by Crippen LogP contribution is 2.26. The Morgan fingerprint density at radius 3 is 2.45 bits per heavy atom. The average molecular weight is 538 g/mol. The van der Waals surface area contributed by atoms with Crippen molar-refractivity contribution in [1.29, 1.82) is 0 Å². The fourth-order valence-corrected chi connectivity index (χ4v) is 4.67. The third-order valence-electron chi connectivity index (χ3n) is 6.67. The van der Waals surface area contributed by atoms with Gasteiger partial charge >= 0.3 is 0 Å². The molecule has 4 rings (SSSR count). The lowest BCUT2D eigenvalue weighted by molar-refractivity contribution is -0.131. The zero-order valence-corrected chi connectivity index (χ0v) is 22.6. The summed E-state index contributed by atoms with van der Waals surface area (Å²) in [7, 11) is 0. The van der Waals surface area contributed by atoms with Gasteiger partial charge in [0.2, 0.25) is 5.91 Å². The molecule has 1 saturated heterocycles. The summed E-state index contributed by atoms with van der Waals surface area (Å²) >= 11 is 6.29. The average Bonchev–Trinajstić information content (AvgIpc) is 3.18. The van der Waals surface area contributed by atoms with Gasteiger partial charge in [0.25, 0.3) is 5.91 Å². The van der Waals surface area contributed by atoms with E-state index >= 15 is 0 Å². The summed E-state index contributed by atoms with van der Waals surface area (Å²) in [6.07, 6.45) is 1.48. The Hall–Kier alpha value is -3.52. The number of hydrogen-bond donors (Lipinski definition) is 0. The maximum absolute atomic E-state index is 14.3. The van der Waals surface area contributed by atoms with E-state index in [-0.39, 0.29) is 18.0 Å². The zero-order chi connectivity index (χ0) is 27.1. The van der Waals surface area contributed by atoms with E-state index < -0.39 is 11.7 Å². The van der Waals surface area contributed by atoms with Gasteiger partial charge < -0.3 is 14.7 Å². The third kappa shape index (κ3) is 6.86. The van der Waals surface area contributed by atoms with E-state index in [1.165, 1.54) is 17.0 Å². The van der Waals surface area contributed by atoms with Gasteiger partial charge in [0.05, 0.1) is 16.3 Å². The molecule has 1 aromatic heterocycles. The van der Waals surface area contributed by atoms with E-state index in [0.717, 1.165) is 30.8 Å². The van der Waals surface area contributed by atoms with E-state index in [9.17, 15) is 14.0 Å². The van der Waals surface area contributed by atoms with Crippen LogP contribution in [0.2, 0.25) is 5.02 Å². The van der Waals surface area contributed by atoms with Crippen LogP contribution in [0.1, 0.15) is 37.0 Å². The fourth-order valence-electron chi connectivity index (χ4n) is 4.44. The van der Waals surface area contributed by atoms with Crippen LogP contribution in [0.3, 0.4) is 0 Å². The minimum Gasteiger partial charge on any atom is -0.353 e. The summed E-state index contributed by atoms with van der Waals surface area (Å²) in [4.78, 5) is 31.8. The van der Waals surface area contributed by atoms with E-state index in [1.807, 2.05) is 36.4 Å². The van der Waals surface area contributed by atoms with Crippen LogP contribution in [0.5, 0.6) is 0 Å². The van der Waals surface area contributed by atoms with E-state index in [0.29, 0.717) is 42.8 Å². The van der Waals surface area contributed by atoms with E-state index in [2.05, 4.69) is 28.9 Å². The summed E-state index contributed by atoms with van der Waals surface area (Å²) < 4.78 is 14.3. The van der Waals surface area contributed by atoms with Crippen molar-refractivity contribution in [2.45, 2.75) is 26.7 Å². The van der Waals surface area contributed by atoms with Gasteiger partial charge in [0, 0.05) is 38.3 Å². The molecule has 2 heterocycles. The minimum absolute atomic E-state index is 0.00934. The first-order valence-electron chi connectivity index (χ1n) is 13.0. The molecule has 3 aromatic rings. The van der Waals surface area contributed by atoms with E-state index in [4.69, 9.17) is 11.6 Å². The maximum Gasteiger partial charge on any atom is 0.257 e. The van der Waals surface area contributed by atoms with Crippen LogP contribution < -0.4 is 4.90 Å². The van der Waals surface area contributed by atoms with Crippen molar-refractivity contribution >= 4 is 29.2 Å². The van der Waals surface area contributed by atoms with Crippen LogP contribution in [0, 0.1) is 11.7 Å². The molecule has 1 aliphatic heterocycles. The summed E-state index contributed by atoms with van der Waals surface area (Å²) in [6.45, 7) is 6.83. The summed E-state index contributed by atoms with van der Waals surface area (Å²) in [6, 6.07) is 17.2. The molecule has 38 heavy (non-hydrogen) atoms. The molecule has 1 fully saturated rings. The SMILES string of the molecule is CC(C)CCN(CC(=O)N1CCCN(c2ccc(-c3ccccc3Cl)nn2)CC1)C(=O)c1ccccc1F. The number of rotatable bonds is 8. The van der Waals surface area contributed by atoms with Gasteiger partial charge in [-0.1, -0.05) is 55.8 Å². The van der Waals surface area contributed by atoms with Gasteiger partial charge in [-0.3, -0.25) is 9.59 Å². The molecule has 0 radical (unpaired) electrons. The number of hydrogen-bond acceptors (Lipinski definition) is 5. The topological polar surface area (TPSA) is 69.6 Å². The highest BCUT2D eigenvalue weighted by atomic mass is 35.5. The molecule has 0 spiro atoms. The van der Waals surface area contributed by atoms with Crippen LogP contribution in [0.15, 0.2) is 60.7 Å². The lowest BCUT2D eigenvalue weighted by Crippen LogP contribution is -2.45. The van der Waals surface area contributed by atoms with Gasteiger partial charge in [-0.15, -0.1) is 10.2 Å². The van der Waals surface area contributed by atoms with Crippen LogP contribution in [-0.4, -0.2) is 71.1 Å². The molecule has 0 aliphatic carbocycles. The van der Waals surface area contributed by atoms with Crippen molar-refractivity contribution in [2.75, 3.05) is 44.2 Å². The number of halogens is 2. The summed E-state index contributed by atoms with van der Waals surface area (Å²) in [5, 5.41) is 9.40. The maximum atomic E-state index is 14.3. The standard InChI is InChI=1S/C29H33ClFN5O2/c1-21(2)14-17-36(29(38)23-9-4-6-11-25(23)31)20-28(37)35-16-7-15-34(18-19-35)27-13-12-26(32-33-27)22-8-3-5-10-24(22)30/h3-6,8-13,21H,7,14-20H2,1-2H3. The molecule has 0 saturated carbocycles. The molecule has 7 nitrogen and oxygen atoms in total. The number of amides is 2. The predicted octanol–water partition coefficient (Wildman–Crippen LogP) is 5.16. The highest BCUT2D eigenvalue weighted by molar-refractivity contribution is 6.33. The summed E-state index contributed by atoms with van der Waals surface area (Å²) in [5.74, 6) is -0.0870. The van der Waals surface area contributed by atoms with Gasteiger partial charge in [0.1, 0.15) is 12.4 Å². The molecule has 2 amide bonds. The molecule has 0 unspecified atom stereocenters. The molecule has 1 aliphatic rings. The Bertz CT molecular complexity index is 1250. The number of benzene rings is 2. The van der Waals surface area contributed by atoms with Gasteiger partial charge in [-0.2, -0.15) is 0 Å². The molecule has 0 atom stereocenters. The minimum atomic E-state index is -0.577. The second-order valence-corrected chi connectivity index (χ2v) is 10.3. The Balaban J connectivity index is 1.40. The van der Waals surface area contributed by atoms with Crippen molar-refractivity contribution in [3.8, 4) is 11.3 Å². The number of nitrogens with zero attached hydrogens (tertiary/aromatic N) is 5. The van der Waals surface area contributed by atoms with Crippen molar-refractivity contribution in [3.05, 3.63) is 77.1 Å². The second kappa shape index (κ2) is 12.8. The van der Waals surface area contributed by atoms with Crippen LogP contribution in [0.25, 0.3) is 11.3 Å². The smallest absolute Gasteiger partial charge is 0.257 e. The van der Waals surface area contributed by atoms with Gasteiger partial charge in [0.15, 0.2) is 5.82 Å². The van der Waals surface area contributed by atoms with Crippen LogP contribution in [-0.2, 0) is 4.79 Å². The van der Waals surface area contributed by atoms with E-state index in [1.54, 1.807) is 17.0 Å². The Morgan fingerprint density at radius 1 is 0.974 bits per heavy atom. The molecule has 0 bridgehead atoms. The number of carbonyl (C=O) groups excluding carboxylic acids is 2. The number of anilines is 1. The first-order chi connectivity index (χ1) is 18.3. The molecular formula is C29H33ClFN5O2. The Morgan fingerprint density at radius 2 is 1.74 bits per heavy atom. The number of aromatic nitrogens is 2. The van der Waals surface area contributed by atoms with Crippen LogP contribution in [0.4, 0.5) is 10.2 Å². The molecule has 0 N–H and O–H groups in total. The largest absolute Gasteiger partial charge is 0.353 e. The Kier molecular flexibility index (Phi) is 9.29. The van der Waals surface area contributed by atoms with Crippen LogP contribution >= 0.6 is 11.6 Å². The van der Waals surface area contributed by atoms with Crippen molar-refractivity contribution < 1.29 is 14.0 Å². The zero-order valence-electron chi connectivity index (χ0n) is 21.8. The van der Waals surface area contributed by atoms with Gasteiger partial charge in [-0.25, -0.2) is 4.39 Å². The van der Waals surface area contributed by atoms with Crippen molar-refractivity contribution in [3.63, 3.8) is 0 Å². The van der Waals surface area contributed by atoms with Crippen molar-refractivity contribution in [1.82, 2.24) is 20.0 Å². The lowest BCUT2D eigenvalue weighted by Gasteiger charge is -2.28. The third-order valence-corrected chi connectivity index (χ3v) is 7.00. The fraction of sp³-hybridized carbons (Fsp3) is 0.379. The Labute approximate surface area is 228 Å². The first kappa shape index (κ1) is 27.5. The van der Waals surface area contributed by atoms with Gasteiger partial charge in [-0.05, 0) is 49.1 Å². The molecular weight excluding hydrogens is 505 g/mol. The second-order valence-electron chi connectivity index (χ2n) is 9.87. The normalized spacial score (nSPS) is 13.9. The monoisotopic (exact) mass is 537 g/mol. The quantitative estimate of drug-likeness (QED) is 0.397. The summed E-state index contributed by atoms with van der Waals surface area (Å²) in [5.41, 5.74) is 1.52. The molecule has 9 heteroatoms. The molecule has 2 aromatic carbocycles. The highest BCUT2D eigenvalue weighted by Gasteiger charge is 2.26. The van der Waals surface area contributed by atoms with Crippen molar-refractivity contribution in [2.24, 2.45) is 5.92 Å². The first-order valence-corrected chi connectivity index (χ1v) is 13.4. The predicted molar refractivity (Wildman–Crippen MR) is 148 cm³/mol. The number of carbonyl (C=O) groups is 2.